The highest BCUT2D eigenvalue weighted by molar-refractivity contribution is 7.98. The van der Waals surface area contributed by atoms with Crippen LogP contribution in [0, 0.1) is 0 Å². The summed E-state index contributed by atoms with van der Waals surface area (Å²) in [4.78, 5) is 0.612. The van der Waals surface area contributed by atoms with E-state index in [2.05, 4.69) is 45.0 Å². The van der Waals surface area contributed by atoms with Crippen molar-refractivity contribution < 1.29 is 0 Å². The summed E-state index contributed by atoms with van der Waals surface area (Å²) in [6, 6.07) is 8.88. The van der Waals surface area contributed by atoms with Gasteiger partial charge >= 0.3 is 0 Å². The Labute approximate surface area is 114 Å². The molecule has 0 saturated heterocycles. The van der Waals surface area contributed by atoms with Gasteiger partial charge in [0, 0.05) is 12.2 Å². The second kappa shape index (κ2) is 6.41. The molecule has 1 aromatic carbocycles. The van der Waals surface area contributed by atoms with Crippen molar-refractivity contribution in [3.8, 4) is 0 Å². The maximum Gasteiger partial charge on any atom is 0.0735 e. The first-order valence-corrected chi connectivity index (χ1v) is 7.41. The number of nitrogens with two attached hydrogens (primary N) is 1. The lowest BCUT2D eigenvalue weighted by Gasteiger charge is -2.19. The Balaban J connectivity index is 2.43. The van der Waals surface area contributed by atoms with E-state index in [4.69, 9.17) is 18.0 Å². The molecule has 2 N–H and O–H groups in total. The highest BCUT2D eigenvalue weighted by Gasteiger charge is 2.12. The highest BCUT2D eigenvalue weighted by atomic mass is 32.2. The van der Waals surface area contributed by atoms with E-state index in [0.717, 1.165) is 17.9 Å². The van der Waals surface area contributed by atoms with E-state index >= 15 is 0 Å². The quantitative estimate of drug-likeness (QED) is 0.647. The van der Waals surface area contributed by atoms with Crippen LogP contribution in [-0.2, 0) is 11.2 Å². The first-order valence-electron chi connectivity index (χ1n) is 5.85. The topological polar surface area (TPSA) is 26.0 Å². The van der Waals surface area contributed by atoms with Gasteiger partial charge in [0.05, 0.1) is 4.99 Å². The van der Waals surface area contributed by atoms with Gasteiger partial charge in [0.2, 0.25) is 0 Å². The molecule has 1 rings (SSSR count). The fourth-order valence-electron chi connectivity index (χ4n) is 1.46. The van der Waals surface area contributed by atoms with E-state index in [1.54, 1.807) is 0 Å². The van der Waals surface area contributed by atoms with Crippen molar-refractivity contribution in [2.75, 3.05) is 5.75 Å². The van der Waals surface area contributed by atoms with Crippen LogP contribution in [0.3, 0.4) is 0 Å². The summed E-state index contributed by atoms with van der Waals surface area (Å²) in [6.07, 6.45) is 0.833. The van der Waals surface area contributed by atoms with Crippen molar-refractivity contribution in [2.24, 2.45) is 5.73 Å². The molecular weight excluding hydrogens is 246 g/mol. The molecule has 94 valence electrons. The van der Waals surface area contributed by atoms with E-state index in [0.29, 0.717) is 4.99 Å². The van der Waals surface area contributed by atoms with Crippen LogP contribution in [0.25, 0.3) is 0 Å². The monoisotopic (exact) mass is 267 g/mol. The van der Waals surface area contributed by atoms with Crippen LogP contribution in [0.15, 0.2) is 24.3 Å². The summed E-state index contributed by atoms with van der Waals surface area (Å²) in [5, 5.41) is 0. The third-order valence-corrected chi connectivity index (χ3v) is 3.82. The van der Waals surface area contributed by atoms with Crippen LogP contribution < -0.4 is 5.73 Å². The van der Waals surface area contributed by atoms with E-state index in [-0.39, 0.29) is 5.41 Å². The molecule has 0 saturated carbocycles. The third kappa shape index (κ3) is 5.55. The normalized spacial score (nSPS) is 11.5. The maximum atomic E-state index is 5.46. The second-order valence-corrected chi connectivity index (χ2v) is 6.85. The molecule has 0 atom stereocenters. The Kier molecular flexibility index (Phi) is 5.47. The lowest BCUT2D eigenvalue weighted by molar-refractivity contribution is 0.590. The summed E-state index contributed by atoms with van der Waals surface area (Å²) in [5.41, 5.74) is 8.44. The summed E-state index contributed by atoms with van der Waals surface area (Å²) >= 11 is 6.73. The van der Waals surface area contributed by atoms with E-state index in [9.17, 15) is 0 Å². The molecule has 0 aromatic heterocycles. The summed E-state index contributed by atoms with van der Waals surface area (Å²) in [6.45, 7) is 6.71. The molecule has 0 aliphatic rings. The molecule has 0 aliphatic heterocycles. The molecular formula is C14H21NS2. The summed E-state index contributed by atoms with van der Waals surface area (Å²) < 4.78 is 0. The lowest BCUT2D eigenvalue weighted by Crippen LogP contribution is -2.10. The van der Waals surface area contributed by atoms with E-state index < -0.39 is 0 Å². The van der Waals surface area contributed by atoms with E-state index in [1.807, 2.05) is 11.8 Å². The predicted octanol–water partition coefficient (Wildman–Crippen LogP) is 3.89. The van der Waals surface area contributed by atoms with Crippen molar-refractivity contribution in [2.45, 2.75) is 38.4 Å². The molecule has 0 spiro atoms. The standard InChI is InChI=1S/C14H21NS2/c1-14(2,3)12-6-4-11(5-7-12)10-17-9-8-13(15)16/h4-7H,8-10H2,1-3H3,(H2,15,16). The summed E-state index contributed by atoms with van der Waals surface area (Å²) in [5.74, 6) is 2.05. The van der Waals surface area contributed by atoms with Crippen LogP contribution in [0.5, 0.6) is 0 Å². The predicted molar refractivity (Wildman–Crippen MR) is 82.7 cm³/mol. The lowest BCUT2D eigenvalue weighted by atomic mass is 9.87. The fourth-order valence-corrected chi connectivity index (χ4v) is 2.63. The zero-order chi connectivity index (χ0) is 12.9. The average Bonchev–Trinajstić information content (AvgIpc) is 2.23. The van der Waals surface area contributed by atoms with Crippen LogP contribution in [0.2, 0.25) is 0 Å². The number of thiocarbonyl (C=S) groups is 1. The van der Waals surface area contributed by atoms with Gasteiger partial charge in [-0.3, -0.25) is 0 Å². The number of rotatable bonds is 5. The molecule has 0 aliphatic carbocycles. The Morgan fingerprint density at radius 2 is 1.82 bits per heavy atom. The Bertz CT molecular complexity index is 363. The van der Waals surface area contributed by atoms with Gasteiger partial charge in [0.25, 0.3) is 0 Å². The third-order valence-electron chi connectivity index (χ3n) is 2.58. The summed E-state index contributed by atoms with van der Waals surface area (Å²) in [7, 11) is 0. The van der Waals surface area contributed by atoms with Crippen molar-refractivity contribution in [3.63, 3.8) is 0 Å². The minimum atomic E-state index is 0.234. The van der Waals surface area contributed by atoms with Crippen LogP contribution >= 0.6 is 24.0 Å². The van der Waals surface area contributed by atoms with Crippen molar-refractivity contribution >= 4 is 29.0 Å². The Morgan fingerprint density at radius 1 is 1.24 bits per heavy atom. The molecule has 0 amide bonds. The average molecular weight is 267 g/mol. The maximum absolute atomic E-state index is 5.46. The van der Waals surface area contributed by atoms with Gasteiger partial charge < -0.3 is 5.73 Å². The largest absolute Gasteiger partial charge is 0.393 e. The first kappa shape index (κ1) is 14.5. The van der Waals surface area contributed by atoms with Crippen molar-refractivity contribution in [1.82, 2.24) is 0 Å². The van der Waals surface area contributed by atoms with Crippen molar-refractivity contribution in [1.29, 1.82) is 0 Å². The zero-order valence-electron chi connectivity index (χ0n) is 10.8. The number of thioether (sulfide) groups is 1. The molecule has 1 aromatic rings. The second-order valence-electron chi connectivity index (χ2n) is 5.22. The molecule has 0 unspecified atom stereocenters. The molecule has 3 heteroatoms. The van der Waals surface area contributed by atoms with Gasteiger partial charge in [0.1, 0.15) is 0 Å². The van der Waals surface area contributed by atoms with Crippen LogP contribution in [0.4, 0.5) is 0 Å². The van der Waals surface area contributed by atoms with Crippen molar-refractivity contribution in [3.05, 3.63) is 35.4 Å². The molecule has 1 nitrogen and oxygen atoms in total. The van der Waals surface area contributed by atoms with Crippen LogP contribution in [0.1, 0.15) is 38.3 Å². The van der Waals surface area contributed by atoms with Gasteiger partial charge in [-0.1, -0.05) is 57.3 Å². The van der Waals surface area contributed by atoms with Gasteiger partial charge in [0.15, 0.2) is 0 Å². The fraction of sp³-hybridized carbons (Fsp3) is 0.500. The molecule has 0 radical (unpaired) electrons. The molecule has 17 heavy (non-hydrogen) atoms. The Hall–Kier alpha value is -0.540. The minimum Gasteiger partial charge on any atom is -0.393 e. The molecule has 0 fully saturated rings. The van der Waals surface area contributed by atoms with Crippen LogP contribution in [-0.4, -0.2) is 10.7 Å². The highest BCUT2D eigenvalue weighted by Crippen LogP contribution is 2.23. The van der Waals surface area contributed by atoms with Gasteiger partial charge in [-0.2, -0.15) is 11.8 Å². The van der Waals surface area contributed by atoms with E-state index in [1.165, 1.54) is 11.1 Å². The molecule has 0 heterocycles. The van der Waals surface area contributed by atoms with Gasteiger partial charge in [-0.15, -0.1) is 0 Å². The molecule has 0 bridgehead atoms. The number of hydrogen-bond donors (Lipinski definition) is 1. The minimum absolute atomic E-state index is 0.234. The number of benzene rings is 1. The SMILES string of the molecule is CC(C)(C)c1ccc(CSCCC(N)=S)cc1. The zero-order valence-corrected chi connectivity index (χ0v) is 12.5. The van der Waals surface area contributed by atoms with Gasteiger partial charge in [-0.25, -0.2) is 0 Å². The van der Waals surface area contributed by atoms with Gasteiger partial charge in [-0.05, 0) is 22.3 Å². The number of hydrogen-bond acceptors (Lipinski definition) is 2. The smallest absolute Gasteiger partial charge is 0.0735 e. The Morgan fingerprint density at radius 3 is 2.29 bits per heavy atom. The first-order chi connectivity index (χ1) is 7.89.